The van der Waals surface area contributed by atoms with Crippen molar-refractivity contribution in [2.45, 2.75) is 0 Å². The van der Waals surface area contributed by atoms with Gasteiger partial charge >= 0.3 is 37.7 Å². The Balaban J connectivity index is 0. The van der Waals surface area contributed by atoms with Crippen LogP contribution in [0.25, 0.3) is 0 Å². The average molecular weight is 261 g/mol. The molecule has 0 bridgehead atoms. The van der Waals surface area contributed by atoms with E-state index in [1.807, 2.05) is 0 Å². The van der Waals surface area contributed by atoms with Gasteiger partial charge in [0.2, 0.25) is 0 Å². The molecule has 7 heteroatoms. The summed E-state index contributed by atoms with van der Waals surface area (Å²) in [4.78, 5) is 0. The second-order valence-corrected chi connectivity index (χ2v) is 0. The van der Waals surface area contributed by atoms with Crippen molar-refractivity contribution in [3.63, 3.8) is 0 Å². The van der Waals surface area contributed by atoms with E-state index in [0.29, 0.717) is 0 Å². The minimum atomic E-state index is 0. The third-order valence-electron chi connectivity index (χ3n) is 0. The molecule has 0 aliphatic carbocycles. The molecule has 0 atom stereocenters. The molecular formula is H4CoLi2Mn2NiO. The predicted molar refractivity (Wildman–Crippen MR) is 5.84 cm³/mol. The Morgan fingerprint density at radius 2 is 0.857 bits per heavy atom. The van der Waals surface area contributed by atoms with Crippen LogP contribution in [0.3, 0.4) is 0 Å². The van der Waals surface area contributed by atoms with Gasteiger partial charge in [0.15, 0.2) is 0 Å². The van der Waals surface area contributed by atoms with E-state index in [1.54, 1.807) is 0 Å². The SMILES string of the molecule is O.[Co].[H-].[H-].[Li+].[Li+].[Mn].[Mn].[Ni]. The molecule has 0 aromatic carbocycles. The van der Waals surface area contributed by atoms with Crippen LogP contribution in [0.1, 0.15) is 2.85 Å². The van der Waals surface area contributed by atoms with Crippen molar-refractivity contribution in [1.29, 1.82) is 0 Å². The van der Waals surface area contributed by atoms with Gasteiger partial charge in [0.1, 0.15) is 0 Å². The molecule has 0 unspecified atom stereocenters. The summed E-state index contributed by atoms with van der Waals surface area (Å²) in [5.74, 6) is 0. The zero-order valence-corrected chi connectivity index (χ0v) is 8.29. The first-order chi connectivity index (χ1) is 0. The molecule has 0 aliphatic rings. The van der Waals surface area contributed by atoms with Crippen molar-refractivity contribution >= 4 is 0 Å². The van der Waals surface area contributed by atoms with Crippen LogP contribution in [-0.4, -0.2) is 5.48 Å². The van der Waals surface area contributed by atoms with E-state index in [-0.39, 0.29) is 113 Å². The molecule has 0 amide bonds. The van der Waals surface area contributed by atoms with E-state index in [9.17, 15) is 0 Å². The van der Waals surface area contributed by atoms with Gasteiger partial charge in [-0.1, -0.05) is 0 Å². The standard InChI is InChI=1S/Co.2Li.2Mn.Ni.H2O.2H/h;;;;;;1H2;;/q;2*+1;;;;;2*-1. The van der Waals surface area contributed by atoms with Gasteiger partial charge < -0.3 is 8.33 Å². The fraction of sp³-hybridized carbons (Fsp3) is 0. The molecule has 0 saturated heterocycles. The van der Waals surface area contributed by atoms with Crippen LogP contribution in [0.5, 0.6) is 0 Å². The molecule has 0 aromatic rings. The summed E-state index contributed by atoms with van der Waals surface area (Å²) < 4.78 is 0. The monoisotopic (exact) mass is 261 g/mol. The summed E-state index contributed by atoms with van der Waals surface area (Å²) in [5.41, 5.74) is 0. The van der Waals surface area contributed by atoms with Gasteiger partial charge in [-0.2, -0.15) is 0 Å². The van der Waals surface area contributed by atoms with Crippen molar-refractivity contribution < 1.29 is 113 Å². The van der Waals surface area contributed by atoms with Crippen LogP contribution in [-0.2, 0) is 67.4 Å². The maximum Gasteiger partial charge on any atom is 1.00 e. The van der Waals surface area contributed by atoms with Crippen molar-refractivity contribution in [3.05, 3.63) is 0 Å². The van der Waals surface area contributed by atoms with Crippen LogP contribution in [0.2, 0.25) is 0 Å². The Hall–Kier alpha value is 3.19. The van der Waals surface area contributed by atoms with Gasteiger partial charge in [-0.15, -0.1) is 0 Å². The largest absolute Gasteiger partial charge is 1.00 e. The number of hydrogen-bond donors (Lipinski definition) is 0. The van der Waals surface area contributed by atoms with Gasteiger partial charge in [0, 0.05) is 67.4 Å². The van der Waals surface area contributed by atoms with Gasteiger partial charge in [0.25, 0.3) is 0 Å². The van der Waals surface area contributed by atoms with E-state index in [0.717, 1.165) is 0 Å². The predicted octanol–water partition coefficient (Wildman–Crippen LogP) is -6.60. The first-order valence-corrected chi connectivity index (χ1v) is 0. The maximum absolute atomic E-state index is 0. The summed E-state index contributed by atoms with van der Waals surface area (Å²) in [7, 11) is 0. The average Bonchev–Trinajstić information content (AvgIpc) is 0. The van der Waals surface area contributed by atoms with Gasteiger partial charge in [-0.3, -0.25) is 0 Å². The summed E-state index contributed by atoms with van der Waals surface area (Å²) >= 11 is 0. The normalized spacial score (nSPS) is 0. The molecule has 0 spiro atoms. The minimum absolute atomic E-state index is 0. The molecule has 0 rings (SSSR count). The van der Waals surface area contributed by atoms with Crippen LogP contribution < -0.4 is 37.7 Å². The molecule has 0 saturated carbocycles. The topological polar surface area (TPSA) is 31.5 Å². The van der Waals surface area contributed by atoms with E-state index >= 15 is 0 Å². The van der Waals surface area contributed by atoms with Crippen LogP contribution in [0.4, 0.5) is 0 Å². The van der Waals surface area contributed by atoms with Gasteiger partial charge in [-0.25, -0.2) is 0 Å². The van der Waals surface area contributed by atoms with Crippen molar-refractivity contribution in [1.82, 2.24) is 0 Å². The quantitative estimate of drug-likeness (QED) is 0.388. The summed E-state index contributed by atoms with van der Waals surface area (Å²) in [6.45, 7) is 0. The fourth-order valence-corrected chi connectivity index (χ4v) is 0. The fourth-order valence-electron chi connectivity index (χ4n) is 0. The second-order valence-electron chi connectivity index (χ2n) is 0. The molecule has 0 aliphatic heterocycles. The molecule has 0 fully saturated rings. The third kappa shape index (κ3) is 46.6. The molecule has 2 N–H and O–H groups in total. The zero-order valence-electron chi connectivity index (χ0n) is 5.91. The molecule has 1 nitrogen and oxygen atoms in total. The third-order valence-corrected chi connectivity index (χ3v) is 0. The van der Waals surface area contributed by atoms with Crippen molar-refractivity contribution in [2.75, 3.05) is 0 Å². The number of rotatable bonds is 0. The summed E-state index contributed by atoms with van der Waals surface area (Å²) in [5, 5.41) is 0. The molecule has 7 heavy (non-hydrogen) atoms. The first-order valence-electron chi connectivity index (χ1n) is 0. The Morgan fingerprint density at radius 1 is 0.857 bits per heavy atom. The molecule has 3 radical (unpaired) electrons. The Labute approximate surface area is 112 Å². The van der Waals surface area contributed by atoms with Crippen molar-refractivity contribution in [2.24, 2.45) is 0 Å². The smallest absolute Gasteiger partial charge is 1.00 e. The second kappa shape index (κ2) is 60.5. The minimum Gasteiger partial charge on any atom is -1.00 e. The summed E-state index contributed by atoms with van der Waals surface area (Å²) in [6, 6.07) is 0. The van der Waals surface area contributed by atoms with E-state index in [4.69, 9.17) is 0 Å². The first kappa shape index (κ1) is 84.5. The van der Waals surface area contributed by atoms with Gasteiger partial charge in [-0.05, 0) is 0 Å². The Kier molecular flexibility index (Phi) is 730. The Morgan fingerprint density at radius 3 is 0.857 bits per heavy atom. The van der Waals surface area contributed by atoms with Crippen LogP contribution >= 0.6 is 0 Å². The van der Waals surface area contributed by atoms with Gasteiger partial charge in [0.05, 0.1) is 0 Å². The van der Waals surface area contributed by atoms with E-state index in [1.165, 1.54) is 0 Å². The van der Waals surface area contributed by atoms with E-state index in [2.05, 4.69) is 0 Å². The molecule has 0 aromatic heterocycles. The number of hydrogen-bond acceptors (Lipinski definition) is 0. The van der Waals surface area contributed by atoms with E-state index < -0.39 is 0 Å². The molecule has 45 valence electrons. The van der Waals surface area contributed by atoms with Crippen LogP contribution in [0, 0.1) is 0 Å². The zero-order chi connectivity index (χ0) is 0. The summed E-state index contributed by atoms with van der Waals surface area (Å²) in [6.07, 6.45) is 0. The maximum atomic E-state index is 0. The van der Waals surface area contributed by atoms with Crippen molar-refractivity contribution in [3.8, 4) is 0 Å². The van der Waals surface area contributed by atoms with Crippen LogP contribution in [0.15, 0.2) is 0 Å². The molecule has 0 heterocycles. The molecular weight excluding hydrogens is 257 g/mol. The Bertz CT molecular complexity index is 22.5.